The number of halogens is 1. The lowest BCUT2D eigenvalue weighted by Crippen LogP contribution is -2.52. The van der Waals surface area contributed by atoms with Gasteiger partial charge in [-0.2, -0.15) is 0 Å². The molecule has 2 N–H and O–H groups in total. The molecule has 0 saturated carbocycles. The summed E-state index contributed by atoms with van der Waals surface area (Å²) in [6, 6.07) is 7.31. The molecule has 2 rings (SSSR count). The van der Waals surface area contributed by atoms with Crippen molar-refractivity contribution in [3.8, 4) is 0 Å². The van der Waals surface area contributed by atoms with Crippen LogP contribution in [0.4, 0.5) is 5.69 Å². The predicted octanol–water partition coefficient (Wildman–Crippen LogP) is 1.49. The van der Waals surface area contributed by atoms with Gasteiger partial charge >= 0.3 is 0 Å². The van der Waals surface area contributed by atoms with Crippen molar-refractivity contribution in [3.05, 3.63) is 29.3 Å². The lowest BCUT2D eigenvalue weighted by atomic mass is 10.2. The van der Waals surface area contributed by atoms with Gasteiger partial charge in [-0.05, 0) is 31.5 Å². The Hall–Kier alpha value is -1.79. The van der Waals surface area contributed by atoms with E-state index in [9.17, 15) is 9.59 Å². The number of piperazine rings is 1. The number of rotatable bonds is 7. The Bertz CT molecular complexity index is 588. The molecule has 1 aliphatic heterocycles. The summed E-state index contributed by atoms with van der Waals surface area (Å²) in [7, 11) is 0. The zero-order chi connectivity index (χ0) is 18.2. The first-order chi connectivity index (χ1) is 12.0. The van der Waals surface area contributed by atoms with Gasteiger partial charge in [-0.3, -0.25) is 14.5 Å². The Balaban J connectivity index is 1.74. The van der Waals surface area contributed by atoms with Gasteiger partial charge in [-0.25, -0.2) is 0 Å². The molecule has 0 unspecified atom stereocenters. The summed E-state index contributed by atoms with van der Waals surface area (Å²) in [5.41, 5.74) is 1.11. The second-order valence-corrected chi connectivity index (χ2v) is 6.76. The summed E-state index contributed by atoms with van der Waals surface area (Å²) in [6.45, 7) is 7.94. The topological polar surface area (TPSA) is 64.7 Å². The standard InChI is InChI=1S/C18H27ClN4O2/c1-3-7-20-18(25)14(2)21-17(24)13-22-8-10-23(11-9-22)16-6-4-5-15(19)12-16/h4-6,12,14H,3,7-11,13H2,1-2H3,(H,20,25)(H,21,24)/t14-/m0/s1. The summed E-state index contributed by atoms with van der Waals surface area (Å²) in [6.07, 6.45) is 0.878. The van der Waals surface area contributed by atoms with Crippen molar-refractivity contribution in [2.45, 2.75) is 26.3 Å². The first kappa shape index (κ1) is 19.5. The van der Waals surface area contributed by atoms with E-state index in [-0.39, 0.29) is 11.8 Å². The van der Waals surface area contributed by atoms with Crippen LogP contribution in [0.3, 0.4) is 0 Å². The van der Waals surface area contributed by atoms with E-state index >= 15 is 0 Å². The smallest absolute Gasteiger partial charge is 0.242 e. The molecule has 0 aromatic heterocycles. The van der Waals surface area contributed by atoms with E-state index in [1.54, 1.807) is 6.92 Å². The van der Waals surface area contributed by atoms with Crippen LogP contribution in [0.1, 0.15) is 20.3 Å². The summed E-state index contributed by atoms with van der Waals surface area (Å²) in [5, 5.41) is 6.28. The molecule has 0 aliphatic carbocycles. The molecule has 1 heterocycles. The number of amides is 2. The molecule has 1 atom stereocenters. The van der Waals surface area contributed by atoms with Crippen molar-refractivity contribution >= 4 is 29.1 Å². The van der Waals surface area contributed by atoms with Crippen molar-refractivity contribution in [1.29, 1.82) is 0 Å². The summed E-state index contributed by atoms with van der Waals surface area (Å²) >= 11 is 6.04. The fourth-order valence-electron chi connectivity index (χ4n) is 2.79. The minimum atomic E-state index is -0.508. The molecule has 1 saturated heterocycles. The maximum absolute atomic E-state index is 12.1. The van der Waals surface area contributed by atoms with Crippen LogP contribution in [0, 0.1) is 0 Å². The Morgan fingerprint density at radius 1 is 1.24 bits per heavy atom. The molecule has 0 spiro atoms. The Kier molecular flexibility index (Phi) is 7.52. The predicted molar refractivity (Wildman–Crippen MR) is 101 cm³/mol. The van der Waals surface area contributed by atoms with E-state index in [2.05, 4.69) is 20.4 Å². The number of hydrogen-bond acceptors (Lipinski definition) is 4. The van der Waals surface area contributed by atoms with Crippen LogP contribution in [0.25, 0.3) is 0 Å². The zero-order valence-corrected chi connectivity index (χ0v) is 15.7. The molecule has 1 aromatic carbocycles. The number of carbonyl (C=O) groups excluding carboxylic acids is 2. The number of benzene rings is 1. The van der Waals surface area contributed by atoms with Crippen LogP contribution < -0.4 is 15.5 Å². The normalized spacial score (nSPS) is 16.4. The third-order valence-electron chi connectivity index (χ3n) is 4.23. The third kappa shape index (κ3) is 6.21. The van der Waals surface area contributed by atoms with Crippen molar-refractivity contribution in [3.63, 3.8) is 0 Å². The maximum Gasteiger partial charge on any atom is 0.242 e. The lowest BCUT2D eigenvalue weighted by Gasteiger charge is -2.35. The number of carbonyl (C=O) groups is 2. The highest BCUT2D eigenvalue weighted by molar-refractivity contribution is 6.30. The van der Waals surface area contributed by atoms with Gasteiger partial charge in [0.05, 0.1) is 6.54 Å². The molecule has 6 nitrogen and oxygen atoms in total. The van der Waals surface area contributed by atoms with E-state index in [1.165, 1.54) is 0 Å². The van der Waals surface area contributed by atoms with Crippen LogP contribution in [0.5, 0.6) is 0 Å². The second kappa shape index (κ2) is 9.63. The Morgan fingerprint density at radius 2 is 1.96 bits per heavy atom. The Morgan fingerprint density at radius 3 is 2.60 bits per heavy atom. The number of anilines is 1. The molecule has 138 valence electrons. The third-order valence-corrected chi connectivity index (χ3v) is 4.47. The van der Waals surface area contributed by atoms with Crippen molar-refractivity contribution in [2.24, 2.45) is 0 Å². The van der Waals surface area contributed by atoms with Gasteiger partial charge in [0.1, 0.15) is 6.04 Å². The van der Waals surface area contributed by atoms with Gasteiger partial charge in [-0.15, -0.1) is 0 Å². The largest absolute Gasteiger partial charge is 0.369 e. The first-order valence-electron chi connectivity index (χ1n) is 8.79. The van der Waals surface area contributed by atoms with Crippen LogP contribution in [-0.4, -0.2) is 62.0 Å². The second-order valence-electron chi connectivity index (χ2n) is 6.32. The average molecular weight is 367 g/mol. The summed E-state index contributed by atoms with van der Waals surface area (Å²) in [4.78, 5) is 28.3. The number of hydrogen-bond donors (Lipinski definition) is 2. The molecule has 0 radical (unpaired) electrons. The molecule has 0 bridgehead atoms. The van der Waals surface area contributed by atoms with Gasteiger partial charge in [0.15, 0.2) is 0 Å². The maximum atomic E-state index is 12.1. The van der Waals surface area contributed by atoms with Gasteiger partial charge in [0.2, 0.25) is 11.8 Å². The van der Waals surface area contributed by atoms with Gasteiger partial charge < -0.3 is 15.5 Å². The first-order valence-corrected chi connectivity index (χ1v) is 9.17. The fraction of sp³-hybridized carbons (Fsp3) is 0.556. The minimum absolute atomic E-state index is 0.115. The van der Waals surface area contributed by atoms with Gasteiger partial charge in [-0.1, -0.05) is 24.6 Å². The molecular formula is C18H27ClN4O2. The molecule has 1 fully saturated rings. The molecular weight excluding hydrogens is 340 g/mol. The van der Waals surface area contributed by atoms with E-state index < -0.39 is 6.04 Å². The quantitative estimate of drug-likeness (QED) is 0.767. The SMILES string of the molecule is CCCNC(=O)[C@H](C)NC(=O)CN1CCN(c2cccc(Cl)c2)CC1. The van der Waals surface area contributed by atoms with Crippen molar-refractivity contribution in [1.82, 2.24) is 15.5 Å². The molecule has 25 heavy (non-hydrogen) atoms. The van der Waals surface area contributed by atoms with Crippen molar-refractivity contribution < 1.29 is 9.59 Å². The van der Waals surface area contributed by atoms with Crippen LogP contribution in [0.2, 0.25) is 5.02 Å². The fourth-order valence-corrected chi connectivity index (χ4v) is 2.98. The average Bonchev–Trinajstić information content (AvgIpc) is 2.60. The summed E-state index contributed by atoms with van der Waals surface area (Å²) < 4.78 is 0. The highest BCUT2D eigenvalue weighted by Crippen LogP contribution is 2.20. The zero-order valence-electron chi connectivity index (χ0n) is 14.9. The number of nitrogens with zero attached hydrogens (tertiary/aromatic N) is 2. The Labute approximate surface area is 154 Å². The molecule has 1 aromatic rings. The summed E-state index contributed by atoms with van der Waals surface area (Å²) in [5.74, 6) is -0.253. The molecule has 7 heteroatoms. The van der Waals surface area contributed by atoms with Crippen LogP contribution in [0.15, 0.2) is 24.3 Å². The molecule has 1 aliphatic rings. The van der Waals surface area contributed by atoms with E-state index in [0.717, 1.165) is 43.3 Å². The van der Waals surface area contributed by atoms with E-state index in [1.807, 2.05) is 31.2 Å². The minimum Gasteiger partial charge on any atom is -0.369 e. The monoisotopic (exact) mass is 366 g/mol. The van der Waals surface area contributed by atoms with Crippen LogP contribution >= 0.6 is 11.6 Å². The van der Waals surface area contributed by atoms with E-state index in [0.29, 0.717) is 13.1 Å². The highest BCUT2D eigenvalue weighted by Gasteiger charge is 2.21. The van der Waals surface area contributed by atoms with Crippen LogP contribution in [-0.2, 0) is 9.59 Å². The van der Waals surface area contributed by atoms with Gasteiger partial charge in [0, 0.05) is 43.4 Å². The lowest BCUT2D eigenvalue weighted by molar-refractivity contribution is -0.129. The molecule has 2 amide bonds. The van der Waals surface area contributed by atoms with E-state index in [4.69, 9.17) is 11.6 Å². The van der Waals surface area contributed by atoms with Gasteiger partial charge in [0.25, 0.3) is 0 Å². The number of nitrogens with one attached hydrogen (secondary N) is 2. The highest BCUT2D eigenvalue weighted by atomic mass is 35.5. The van der Waals surface area contributed by atoms with Crippen molar-refractivity contribution in [2.75, 3.05) is 44.2 Å².